The molecular weight excluding hydrogens is 379 g/mol. The topological polar surface area (TPSA) is 78.9 Å². The molecule has 1 aliphatic rings. The molecule has 1 saturated heterocycles. The molecule has 0 saturated carbocycles. The number of nitrogens with one attached hydrogen (secondary N) is 1. The fraction of sp³-hybridized carbons (Fsp3) is 0.500. The lowest BCUT2D eigenvalue weighted by Crippen LogP contribution is -2.49. The quantitative estimate of drug-likeness (QED) is 0.748. The first-order valence-corrected chi connectivity index (χ1v) is 7.97. The van der Waals surface area contributed by atoms with E-state index in [9.17, 15) is 31.5 Å². The van der Waals surface area contributed by atoms with E-state index in [0.29, 0.717) is 0 Å². The molecule has 1 aromatic rings. The number of carbonyl (C=O) groups excluding carboxylic acids is 1. The standard InChI is InChI=1S/C16H17F5N2O4/c17-14(18)27-11-3-1-9(2-4-11)12(16(19,20)21)22-15(26)23-7-5-10(6-8-23)13(24)25/h1-4,10,12,14H,5-8H2,(H,22,26)(H,24,25). The molecule has 1 aliphatic heterocycles. The fourth-order valence-corrected chi connectivity index (χ4v) is 2.74. The molecule has 0 bridgehead atoms. The van der Waals surface area contributed by atoms with Crippen LogP contribution in [0.4, 0.5) is 26.7 Å². The van der Waals surface area contributed by atoms with Gasteiger partial charge in [0.25, 0.3) is 0 Å². The lowest BCUT2D eigenvalue weighted by molar-refractivity contribution is -0.155. The second-order valence-electron chi connectivity index (χ2n) is 5.97. The number of alkyl halides is 5. The van der Waals surface area contributed by atoms with E-state index in [-0.39, 0.29) is 37.2 Å². The minimum absolute atomic E-state index is 0.0224. The van der Waals surface area contributed by atoms with E-state index >= 15 is 0 Å². The molecular formula is C16H17F5N2O4. The van der Waals surface area contributed by atoms with E-state index in [2.05, 4.69) is 4.74 Å². The number of piperidine rings is 1. The second kappa shape index (κ2) is 8.40. The van der Waals surface area contributed by atoms with Gasteiger partial charge >= 0.3 is 24.8 Å². The van der Waals surface area contributed by atoms with Crippen LogP contribution in [0.1, 0.15) is 24.4 Å². The first-order chi connectivity index (χ1) is 12.6. The molecule has 2 rings (SSSR count). The summed E-state index contributed by atoms with van der Waals surface area (Å²) < 4.78 is 68.4. The Morgan fingerprint density at radius 1 is 1.15 bits per heavy atom. The summed E-state index contributed by atoms with van der Waals surface area (Å²) in [5, 5.41) is 10.8. The average molecular weight is 396 g/mol. The Hall–Kier alpha value is -2.59. The Morgan fingerprint density at radius 3 is 2.15 bits per heavy atom. The maximum atomic E-state index is 13.3. The molecule has 6 nitrogen and oxygen atoms in total. The fourth-order valence-electron chi connectivity index (χ4n) is 2.74. The van der Waals surface area contributed by atoms with Gasteiger partial charge in [0.2, 0.25) is 0 Å². The van der Waals surface area contributed by atoms with E-state index in [4.69, 9.17) is 5.11 Å². The molecule has 27 heavy (non-hydrogen) atoms. The van der Waals surface area contributed by atoms with Crippen molar-refractivity contribution >= 4 is 12.0 Å². The number of carbonyl (C=O) groups is 2. The van der Waals surface area contributed by atoms with Crippen molar-refractivity contribution < 1.29 is 41.4 Å². The number of halogens is 5. The van der Waals surface area contributed by atoms with E-state index in [1.165, 1.54) is 0 Å². The molecule has 0 spiro atoms. The van der Waals surface area contributed by atoms with Crippen LogP contribution in [-0.4, -0.2) is 47.9 Å². The number of amides is 2. The zero-order valence-corrected chi connectivity index (χ0v) is 13.9. The van der Waals surface area contributed by atoms with Crippen molar-refractivity contribution in [3.8, 4) is 5.75 Å². The predicted octanol–water partition coefficient (Wildman–Crippen LogP) is 3.40. The number of rotatable bonds is 5. The minimum atomic E-state index is -4.82. The molecule has 2 N–H and O–H groups in total. The van der Waals surface area contributed by atoms with Crippen LogP contribution < -0.4 is 10.1 Å². The maximum Gasteiger partial charge on any atom is 0.412 e. The molecule has 1 heterocycles. The van der Waals surface area contributed by atoms with Gasteiger partial charge in [-0.2, -0.15) is 22.0 Å². The van der Waals surface area contributed by atoms with Gasteiger partial charge in [-0.05, 0) is 30.5 Å². The highest BCUT2D eigenvalue weighted by Crippen LogP contribution is 2.34. The minimum Gasteiger partial charge on any atom is -0.481 e. The number of aliphatic carboxylic acids is 1. The summed E-state index contributed by atoms with van der Waals surface area (Å²) in [6.45, 7) is -3.06. The smallest absolute Gasteiger partial charge is 0.412 e. The first kappa shape index (κ1) is 20.7. The summed E-state index contributed by atoms with van der Waals surface area (Å²) in [4.78, 5) is 24.2. The second-order valence-corrected chi connectivity index (χ2v) is 5.97. The van der Waals surface area contributed by atoms with Crippen molar-refractivity contribution in [1.29, 1.82) is 0 Å². The number of carboxylic acid groups (broad SMARTS) is 1. The molecule has 1 aromatic carbocycles. The summed E-state index contributed by atoms with van der Waals surface area (Å²) in [6.07, 6.45) is -4.52. The third-order valence-electron chi connectivity index (χ3n) is 4.17. The Morgan fingerprint density at radius 2 is 1.70 bits per heavy atom. The van der Waals surface area contributed by atoms with Crippen LogP contribution >= 0.6 is 0 Å². The van der Waals surface area contributed by atoms with Gasteiger partial charge in [-0.15, -0.1) is 0 Å². The third-order valence-corrected chi connectivity index (χ3v) is 4.17. The maximum absolute atomic E-state index is 13.3. The Labute approximate surface area is 150 Å². The number of likely N-dealkylation sites (tertiary alicyclic amines) is 1. The zero-order chi connectivity index (χ0) is 20.2. The van der Waals surface area contributed by atoms with Gasteiger partial charge in [0.15, 0.2) is 6.04 Å². The number of carboxylic acids is 1. The van der Waals surface area contributed by atoms with E-state index < -0.39 is 36.7 Å². The number of urea groups is 1. The van der Waals surface area contributed by atoms with Crippen molar-refractivity contribution in [2.45, 2.75) is 31.7 Å². The van der Waals surface area contributed by atoms with Crippen molar-refractivity contribution in [2.75, 3.05) is 13.1 Å². The van der Waals surface area contributed by atoms with Gasteiger partial charge in [0.1, 0.15) is 5.75 Å². The van der Waals surface area contributed by atoms with Crippen LogP contribution in [0, 0.1) is 5.92 Å². The van der Waals surface area contributed by atoms with Gasteiger partial charge in [-0.1, -0.05) is 12.1 Å². The molecule has 1 atom stereocenters. The Kier molecular flexibility index (Phi) is 6.45. The Balaban J connectivity index is 2.07. The summed E-state index contributed by atoms with van der Waals surface area (Å²) in [5.74, 6) is -1.94. The third kappa shape index (κ3) is 5.69. The van der Waals surface area contributed by atoms with Crippen molar-refractivity contribution in [2.24, 2.45) is 5.92 Å². The average Bonchev–Trinajstić information content (AvgIpc) is 2.59. The lowest BCUT2D eigenvalue weighted by Gasteiger charge is -2.32. The van der Waals surface area contributed by atoms with Crippen LogP contribution in [0.3, 0.4) is 0 Å². The van der Waals surface area contributed by atoms with Crippen LogP contribution in [0.25, 0.3) is 0 Å². The summed E-state index contributed by atoms with van der Waals surface area (Å²) in [6, 6.07) is 0.451. The number of benzene rings is 1. The van der Waals surface area contributed by atoms with E-state index in [1.807, 2.05) is 5.32 Å². The molecule has 0 radical (unpaired) electrons. The highest BCUT2D eigenvalue weighted by atomic mass is 19.4. The first-order valence-electron chi connectivity index (χ1n) is 7.97. The van der Waals surface area contributed by atoms with Gasteiger partial charge < -0.3 is 20.1 Å². The molecule has 0 aliphatic carbocycles. The van der Waals surface area contributed by atoms with Gasteiger partial charge in [-0.25, -0.2) is 4.79 Å². The largest absolute Gasteiger partial charge is 0.481 e. The number of hydrogen-bond donors (Lipinski definition) is 2. The predicted molar refractivity (Wildman–Crippen MR) is 82.3 cm³/mol. The lowest BCUT2D eigenvalue weighted by atomic mass is 9.97. The van der Waals surface area contributed by atoms with Crippen LogP contribution in [0.2, 0.25) is 0 Å². The number of nitrogens with zero attached hydrogens (tertiary/aromatic N) is 1. The van der Waals surface area contributed by atoms with Gasteiger partial charge in [0, 0.05) is 13.1 Å². The molecule has 1 fully saturated rings. The monoisotopic (exact) mass is 396 g/mol. The Bertz CT molecular complexity index is 658. The van der Waals surface area contributed by atoms with Crippen LogP contribution in [0.15, 0.2) is 24.3 Å². The highest BCUT2D eigenvalue weighted by Gasteiger charge is 2.43. The molecule has 2 amide bonds. The highest BCUT2D eigenvalue weighted by molar-refractivity contribution is 5.76. The number of hydrogen-bond acceptors (Lipinski definition) is 3. The van der Waals surface area contributed by atoms with E-state index in [0.717, 1.165) is 29.2 Å². The van der Waals surface area contributed by atoms with Crippen LogP contribution in [0.5, 0.6) is 5.75 Å². The van der Waals surface area contributed by atoms with Crippen molar-refractivity contribution in [1.82, 2.24) is 10.2 Å². The molecule has 11 heteroatoms. The molecule has 1 unspecified atom stereocenters. The van der Waals surface area contributed by atoms with E-state index in [1.54, 1.807) is 0 Å². The van der Waals surface area contributed by atoms with Crippen molar-refractivity contribution in [3.63, 3.8) is 0 Å². The zero-order valence-electron chi connectivity index (χ0n) is 13.9. The van der Waals surface area contributed by atoms with Crippen LogP contribution in [-0.2, 0) is 4.79 Å². The van der Waals surface area contributed by atoms with Gasteiger partial charge in [-0.3, -0.25) is 4.79 Å². The summed E-state index contributed by atoms with van der Waals surface area (Å²) in [5.41, 5.74) is -0.349. The SMILES string of the molecule is O=C(O)C1CCN(C(=O)NC(c2ccc(OC(F)F)cc2)C(F)(F)F)CC1. The molecule has 150 valence electrons. The molecule has 0 aromatic heterocycles. The van der Waals surface area contributed by atoms with Gasteiger partial charge in [0.05, 0.1) is 5.92 Å². The number of ether oxygens (including phenoxy) is 1. The summed E-state index contributed by atoms with van der Waals surface area (Å²) >= 11 is 0. The van der Waals surface area contributed by atoms with Crippen molar-refractivity contribution in [3.05, 3.63) is 29.8 Å². The summed E-state index contributed by atoms with van der Waals surface area (Å²) in [7, 11) is 0. The normalized spacial score (nSPS) is 16.9.